The zero-order chi connectivity index (χ0) is 17.2. The fraction of sp³-hybridized carbons (Fsp3) is 0. The largest absolute Gasteiger partial charge is 0.444 e. The van der Waals surface area contributed by atoms with Crippen LogP contribution in [0.2, 0.25) is 0 Å². The van der Waals surface area contributed by atoms with Crippen molar-refractivity contribution < 1.29 is 4.42 Å². The molecule has 0 saturated heterocycles. The molecule has 122 valence electrons. The molecule has 0 fully saturated rings. The summed E-state index contributed by atoms with van der Waals surface area (Å²) in [4.78, 5) is 20.7. The van der Waals surface area contributed by atoms with Crippen LogP contribution >= 0.6 is 0 Å². The molecule has 0 atom stereocenters. The highest BCUT2D eigenvalue weighted by atomic mass is 16.3. The molecule has 0 spiro atoms. The highest BCUT2D eigenvalue weighted by Crippen LogP contribution is 2.20. The van der Waals surface area contributed by atoms with Gasteiger partial charge in [-0.1, -0.05) is 24.3 Å². The van der Waals surface area contributed by atoms with Crippen molar-refractivity contribution in [2.45, 2.75) is 0 Å². The van der Waals surface area contributed by atoms with Crippen molar-refractivity contribution in [3.05, 3.63) is 92.4 Å². The number of pyridine rings is 1. The summed E-state index contributed by atoms with van der Waals surface area (Å²) in [6.07, 6.45) is 15.9. The molecule has 0 N–H and O–H groups in total. The molecule has 0 radical (unpaired) electrons. The molecule has 2 heterocycles. The van der Waals surface area contributed by atoms with Crippen LogP contribution in [-0.2, 0) is 0 Å². The van der Waals surface area contributed by atoms with E-state index in [9.17, 15) is 0 Å². The summed E-state index contributed by atoms with van der Waals surface area (Å²) in [5.74, 6) is 0. The van der Waals surface area contributed by atoms with Crippen LogP contribution in [0.15, 0.2) is 96.8 Å². The van der Waals surface area contributed by atoms with E-state index in [4.69, 9.17) is 4.42 Å². The number of hydrogen-bond donors (Lipinski definition) is 0. The van der Waals surface area contributed by atoms with Crippen LogP contribution in [0.1, 0.15) is 0 Å². The van der Waals surface area contributed by atoms with E-state index >= 15 is 0 Å². The lowest BCUT2D eigenvalue weighted by molar-refractivity contribution is 0.592. The molecule has 1 aromatic carbocycles. The molecule has 6 heteroatoms. The first-order valence-electron chi connectivity index (χ1n) is 7.56. The smallest absolute Gasteiger partial charge is 0.227 e. The first kappa shape index (κ1) is 16.2. The van der Waals surface area contributed by atoms with Crippen molar-refractivity contribution in [1.82, 2.24) is 24.9 Å². The van der Waals surface area contributed by atoms with Crippen molar-refractivity contribution >= 4 is 21.9 Å². The van der Waals surface area contributed by atoms with Gasteiger partial charge in [0.2, 0.25) is 5.71 Å². The van der Waals surface area contributed by atoms with E-state index in [0.29, 0.717) is 5.71 Å². The summed E-state index contributed by atoms with van der Waals surface area (Å²) >= 11 is 0. The Balaban J connectivity index is 2.27. The Morgan fingerprint density at radius 1 is 0.600 bits per heavy atom. The molecule has 0 aliphatic rings. The Morgan fingerprint density at radius 2 is 1.32 bits per heavy atom. The van der Waals surface area contributed by atoms with Gasteiger partial charge in [-0.25, -0.2) is 4.98 Å². The predicted octanol–water partition coefficient (Wildman–Crippen LogP) is 3.93. The monoisotopic (exact) mass is 329 g/mol. The van der Waals surface area contributed by atoms with E-state index in [2.05, 4.69) is 24.9 Å². The number of hydrogen-bond acceptors (Lipinski definition) is 6. The third kappa shape index (κ3) is 4.65. The lowest BCUT2D eigenvalue weighted by atomic mass is 10.1. The van der Waals surface area contributed by atoms with Gasteiger partial charge in [0.1, 0.15) is 6.26 Å². The Morgan fingerprint density at radius 3 is 2.20 bits per heavy atom. The minimum Gasteiger partial charge on any atom is -0.444 e. The average Bonchev–Trinajstić information content (AvgIpc) is 2.65. The summed E-state index contributed by atoms with van der Waals surface area (Å²) in [7, 11) is 0. The topological polar surface area (TPSA) is 77.6 Å². The molecule has 2 aromatic heterocycles. The second-order valence-electron chi connectivity index (χ2n) is 4.78. The van der Waals surface area contributed by atoms with Gasteiger partial charge in [0.25, 0.3) is 0 Å². The maximum atomic E-state index is 5.62. The van der Waals surface area contributed by atoms with Crippen LogP contribution in [0.4, 0.5) is 0 Å². The summed E-state index contributed by atoms with van der Waals surface area (Å²) in [5, 5.41) is 2.80. The molecule has 3 aromatic rings. The molecular formula is C19H15N5O. The van der Waals surface area contributed by atoms with E-state index in [1.54, 1.807) is 55.6 Å². The molecule has 0 bridgehead atoms. The van der Waals surface area contributed by atoms with Crippen molar-refractivity contribution in [2.24, 2.45) is 0 Å². The molecule has 6 nitrogen and oxygen atoms in total. The molecular weight excluding hydrogens is 314 g/mol. The van der Waals surface area contributed by atoms with Crippen molar-refractivity contribution in [1.29, 1.82) is 0 Å². The van der Waals surface area contributed by atoms with Gasteiger partial charge in [-0.3, -0.25) is 19.9 Å². The summed E-state index contributed by atoms with van der Waals surface area (Å²) in [6, 6.07) is 9.65. The first-order chi connectivity index (χ1) is 12.4. The van der Waals surface area contributed by atoms with Crippen molar-refractivity contribution in [3.63, 3.8) is 0 Å². The Bertz CT molecular complexity index is 1030. The van der Waals surface area contributed by atoms with Gasteiger partial charge in [0, 0.05) is 55.0 Å². The summed E-state index contributed by atoms with van der Waals surface area (Å²) in [6.45, 7) is 0. The van der Waals surface area contributed by atoms with Crippen LogP contribution < -0.4 is 0 Å². The maximum absolute atomic E-state index is 5.62. The highest BCUT2D eigenvalue weighted by molar-refractivity contribution is 6.02. The average molecular weight is 329 g/mol. The number of rotatable bonds is 0. The van der Waals surface area contributed by atoms with Crippen LogP contribution in [0.25, 0.3) is 21.9 Å². The lowest BCUT2D eigenvalue weighted by Crippen LogP contribution is -1.79. The summed E-state index contributed by atoms with van der Waals surface area (Å²) < 4.78 is 5.62. The molecule has 0 saturated carbocycles. The zero-order valence-electron chi connectivity index (χ0n) is 13.3. The Labute approximate surface area is 144 Å². The highest BCUT2D eigenvalue weighted by Gasteiger charge is 2.00. The normalized spacial score (nSPS) is 9.60. The van der Waals surface area contributed by atoms with E-state index in [0.717, 1.165) is 16.2 Å². The van der Waals surface area contributed by atoms with Gasteiger partial charge in [-0.05, 0) is 11.5 Å². The number of aromatic nitrogens is 5. The van der Waals surface area contributed by atoms with Crippen LogP contribution in [0.5, 0.6) is 0 Å². The summed E-state index contributed by atoms with van der Waals surface area (Å²) in [5.41, 5.74) is 0.454. The van der Waals surface area contributed by atoms with Gasteiger partial charge in [-0.2, -0.15) is 0 Å². The number of nitrogens with zero attached hydrogens (tertiary/aromatic N) is 5. The molecule has 3 rings (SSSR count). The Hall–Kier alpha value is -3.67. The minimum absolute atomic E-state index is 0.454. The first-order valence-corrected chi connectivity index (χ1v) is 7.56. The quantitative estimate of drug-likeness (QED) is 0.622. The standard InChI is InChI=1S/C19H15N5O/c1-2-5-17-16(4-1)14-24-19-18(17)15-23-7-3-6-20-8-9-21-10-11-22-12-13-25-19/h1-15H. The van der Waals surface area contributed by atoms with Gasteiger partial charge < -0.3 is 4.42 Å². The van der Waals surface area contributed by atoms with Gasteiger partial charge in [0.15, 0.2) is 0 Å². The van der Waals surface area contributed by atoms with Gasteiger partial charge in [0.05, 0.1) is 11.6 Å². The van der Waals surface area contributed by atoms with Crippen molar-refractivity contribution in [2.75, 3.05) is 0 Å². The van der Waals surface area contributed by atoms with E-state index in [1.807, 2.05) is 24.3 Å². The SMILES string of the molecule is c1cnccnccnccoc2ncc3ccccc3c2cnc1. The van der Waals surface area contributed by atoms with Crippen molar-refractivity contribution in [3.8, 4) is 0 Å². The fourth-order valence-electron chi connectivity index (χ4n) is 2.07. The molecule has 0 unspecified atom stereocenters. The van der Waals surface area contributed by atoms with Gasteiger partial charge >= 0.3 is 0 Å². The van der Waals surface area contributed by atoms with E-state index in [1.165, 1.54) is 12.5 Å². The maximum Gasteiger partial charge on any atom is 0.227 e. The van der Waals surface area contributed by atoms with Crippen LogP contribution in [-0.4, -0.2) is 24.9 Å². The predicted molar refractivity (Wildman–Crippen MR) is 95.6 cm³/mol. The third-order valence-electron chi connectivity index (χ3n) is 3.15. The Kier molecular flexibility index (Phi) is 5.72. The zero-order valence-corrected chi connectivity index (χ0v) is 13.3. The number of benzene rings is 1. The van der Waals surface area contributed by atoms with Crippen LogP contribution in [0, 0.1) is 0 Å². The van der Waals surface area contributed by atoms with Crippen LogP contribution in [0.3, 0.4) is 0 Å². The molecule has 0 aliphatic carbocycles. The lowest BCUT2D eigenvalue weighted by Gasteiger charge is -1.98. The third-order valence-corrected chi connectivity index (χ3v) is 3.15. The van der Waals surface area contributed by atoms with E-state index in [-0.39, 0.29) is 0 Å². The molecule has 0 amide bonds. The van der Waals surface area contributed by atoms with Gasteiger partial charge in [-0.15, -0.1) is 0 Å². The second kappa shape index (κ2) is 8.83. The fourth-order valence-corrected chi connectivity index (χ4v) is 2.07. The second-order valence-corrected chi connectivity index (χ2v) is 4.78. The molecule has 25 heavy (non-hydrogen) atoms. The molecule has 0 aliphatic heterocycles. The number of fused-ring (bicyclic) bond motifs is 3. The van der Waals surface area contributed by atoms with E-state index < -0.39 is 0 Å². The minimum atomic E-state index is 0.454.